The van der Waals surface area contributed by atoms with E-state index < -0.39 is 0 Å². The zero-order valence-corrected chi connectivity index (χ0v) is 11.3. The van der Waals surface area contributed by atoms with Gasteiger partial charge in [0, 0.05) is 11.5 Å². The van der Waals surface area contributed by atoms with Crippen molar-refractivity contribution in [1.29, 1.82) is 5.26 Å². The molecule has 0 bridgehead atoms. The molecular weight excluding hydrogens is 242 g/mol. The summed E-state index contributed by atoms with van der Waals surface area (Å²) in [6, 6.07) is 7.42. The molecule has 1 aromatic carbocycles. The summed E-state index contributed by atoms with van der Waals surface area (Å²) in [5.41, 5.74) is 1.41. The lowest BCUT2D eigenvalue weighted by Gasteiger charge is -2.21. The molecule has 1 nitrogen and oxygen atoms in total. The lowest BCUT2D eigenvalue weighted by atomic mass is 9.83. The highest BCUT2D eigenvalue weighted by Crippen LogP contribution is 2.27. The van der Waals surface area contributed by atoms with Crippen molar-refractivity contribution in [3.63, 3.8) is 0 Å². The van der Waals surface area contributed by atoms with E-state index in [1.54, 1.807) is 12.1 Å². The van der Waals surface area contributed by atoms with Gasteiger partial charge >= 0.3 is 0 Å². The summed E-state index contributed by atoms with van der Waals surface area (Å²) in [6.45, 7) is 2.31. The number of halogens is 1. The van der Waals surface area contributed by atoms with Gasteiger partial charge in [0.25, 0.3) is 0 Å². The van der Waals surface area contributed by atoms with Crippen molar-refractivity contribution in [3.8, 4) is 17.9 Å². The van der Waals surface area contributed by atoms with Crippen LogP contribution in [0, 0.1) is 35.0 Å². The minimum absolute atomic E-state index is 0.488. The average molecular weight is 258 g/mol. The van der Waals surface area contributed by atoms with Crippen LogP contribution < -0.4 is 0 Å². The van der Waals surface area contributed by atoms with Gasteiger partial charge < -0.3 is 0 Å². The molecule has 0 aromatic heterocycles. The van der Waals surface area contributed by atoms with Gasteiger partial charge in [0.05, 0.1) is 10.6 Å². The molecule has 2 heteroatoms. The summed E-state index contributed by atoms with van der Waals surface area (Å²) in [5.74, 6) is 7.89. The fourth-order valence-electron chi connectivity index (χ4n) is 2.27. The SMILES string of the molecule is CC1CCC(C#Cc2ccc(C#N)c(Cl)c2)CC1. The van der Waals surface area contributed by atoms with Crippen molar-refractivity contribution < 1.29 is 0 Å². The second kappa shape index (κ2) is 5.94. The molecule has 0 unspecified atom stereocenters. The number of hydrogen-bond acceptors (Lipinski definition) is 1. The molecule has 0 aliphatic heterocycles. The molecule has 18 heavy (non-hydrogen) atoms. The Balaban J connectivity index is 2.06. The van der Waals surface area contributed by atoms with Gasteiger partial charge in [-0.3, -0.25) is 0 Å². The van der Waals surface area contributed by atoms with Crippen molar-refractivity contribution in [2.75, 3.05) is 0 Å². The smallest absolute Gasteiger partial charge is 0.101 e. The summed E-state index contributed by atoms with van der Waals surface area (Å²) in [6.07, 6.45) is 4.98. The highest BCUT2D eigenvalue weighted by atomic mass is 35.5. The van der Waals surface area contributed by atoms with Gasteiger partial charge in [0.15, 0.2) is 0 Å². The Labute approximate surface area is 114 Å². The van der Waals surface area contributed by atoms with Crippen LogP contribution in [0.1, 0.15) is 43.7 Å². The van der Waals surface area contributed by atoms with Crippen LogP contribution in [0.4, 0.5) is 0 Å². The summed E-state index contributed by atoms with van der Waals surface area (Å²) in [7, 11) is 0. The lowest BCUT2D eigenvalue weighted by molar-refractivity contribution is 0.337. The molecule has 0 amide bonds. The van der Waals surface area contributed by atoms with E-state index in [1.165, 1.54) is 25.7 Å². The average Bonchev–Trinajstić information content (AvgIpc) is 2.38. The Morgan fingerprint density at radius 3 is 2.56 bits per heavy atom. The standard InChI is InChI=1S/C16H16ClN/c1-12-2-4-13(5-3-12)6-7-14-8-9-15(11-18)16(17)10-14/h8-10,12-13H,2-5H2,1H3. The topological polar surface area (TPSA) is 23.8 Å². The molecule has 0 saturated heterocycles. The first-order valence-electron chi connectivity index (χ1n) is 6.40. The van der Waals surface area contributed by atoms with E-state index in [0.29, 0.717) is 16.5 Å². The normalized spacial score (nSPS) is 22.7. The maximum absolute atomic E-state index is 8.80. The highest BCUT2D eigenvalue weighted by Gasteiger charge is 2.15. The maximum Gasteiger partial charge on any atom is 0.101 e. The van der Waals surface area contributed by atoms with Crippen molar-refractivity contribution in [3.05, 3.63) is 34.3 Å². The lowest BCUT2D eigenvalue weighted by Crippen LogP contribution is -2.10. The highest BCUT2D eigenvalue weighted by molar-refractivity contribution is 6.31. The number of rotatable bonds is 0. The predicted octanol–water partition coefficient (Wildman–Crippen LogP) is 4.39. The summed E-state index contributed by atoms with van der Waals surface area (Å²) < 4.78 is 0. The minimum Gasteiger partial charge on any atom is -0.192 e. The molecule has 92 valence electrons. The quantitative estimate of drug-likeness (QED) is 0.633. The molecule has 2 rings (SSSR count). The molecule has 0 atom stereocenters. The number of nitrogens with zero attached hydrogens (tertiary/aromatic N) is 1. The Morgan fingerprint density at radius 2 is 1.94 bits per heavy atom. The van der Waals surface area contributed by atoms with Crippen molar-refractivity contribution in [1.82, 2.24) is 0 Å². The van der Waals surface area contributed by atoms with Gasteiger partial charge in [-0.2, -0.15) is 5.26 Å². The van der Waals surface area contributed by atoms with E-state index >= 15 is 0 Å². The Morgan fingerprint density at radius 1 is 1.22 bits per heavy atom. The Kier molecular flexibility index (Phi) is 4.29. The van der Waals surface area contributed by atoms with Crippen LogP contribution in [-0.2, 0) is 0 Å². The van der Waals surface area contributed by atoms with Crippen molar-refractivity contribution in [2.45, 2.75) is 32.6 Å². The van der Waals surface area contributed by atoms with E-state index in [9.17, 15) is 0 Å². The van der Waals surface area contributed by atoms with Crippen LogP contribution in [-0.4, -0.2) is 0 Å². The molecule has 0 heterocycles. The largest absolute Gasteiger partial charge is 0.192 e. The van der Waals surface area contributed by atoms with E-state index in [4.69, 9.17) is 16.9 Å². The third-order valence-corrected chi connectivity index (χ3v) is 3.84. The van der Waals surface area contributed by atoms with Crippen LogP contribution in [0.5, 0.6) is 0 Å². The van der Waals surface area contributed by atoms with Gasteiger partial charge in [0.2, 0.25) is 0 Å². The maximum atomic E-state index is 8.80. The number of nitriles is 1. The third-order valence-electron chi connectivity index (χ3n) is 3.53. The van der Waals surface area contributed by atoms with Crippen LogP contribution in [0.2, 0.25) is 5.02 Å². The molecule has 1 aliphatic carbocycles. The Hall–Kier alpha value is -1.44. The second-order valence-corrected chi connectivity index (χ2v) is 5.44. The second-order valence-electron chi connectivity index (χ2n) is 5.03. The zero-order chi connectivity index (χ0) is 13.0. The van der Waals surface area contributed by atoms with Crippen molar-refractivity contribution in [2.24, 2.45) is 11.8 Å². The van der Waals surface area contributed by atoms with Gasteiger partial charge in [-0.25, -0.2) is 0 Å². The molecule has 0 spiro atoms. The Bertz CT molecular complexity index is 522. The fourth-order valence-corrected chi connectivity index (χ4v) is 2.50. The molecule has 1 aliphatic rings. The van der Waals surface area contributed by atoms with E-state index in [1.807, 2.05) is 6.07 Å². The number of hydrogen-bond donors (Lipinski definition) is 0. The fraction of sp³-hybridized carbons (Fsp3) is 0.438. The first kappa shape index (κ1) is 13.0. The monoisotopic (exact) mass is 257 g/mol. The van der Waals surface area contributed by atoms with Crippen molar-refractivity contribution >= 4 is 11.6 Å². The van der Waals surface area contributed by atoms with E-state index in [0.717, 1.165) is 11.5 Å². The van der Waals surface area contributed by atoms with Gasteiger partial charge in [0.1, 0.15) is 6.07 Å². The summed E-state index contributed by atoms with van der Waals surface area (Å²) in [5, 5.41) is 9.28. The first-order chi connectivity index (χ1) is 8.69. The third kappa shape index (κ3) is 3.28. The minimum atomic E-state index is 0.488. The van der Waals surface area contributed by atoms with Gasteiger partial charge in [-0.15, -0.1) is 0 Å². The zero-order valence-electron chi connectivity index (χ0n) is 10.5. The van der Waals surface area contributed by atoms with Crippen LogP contribution >= 0.6 is 11.6 Å². The molecule has 1 fully saturated rings. The first-order valence-corrected chi connectivity index (χ1v) is 6.78. The van der Waals surface area contributed by atoms with E-state index in [-0.39, 0.29) is 0 Å². The summed E-state index contributed by atoms with van der Waals surface area (Å²) >= 11 is 5.98. The van der Waals surface area contributed by atoms with Crippen LogP contribution in [0.3, 0.4) is 0 Å². The van der Waals surface area contributed by atoms with Gasteiger partial charge in [-0.1, -0.05) is 30.4 Å². The molecular formula is C16H16ClN. The molecule has 1 saturated carbocycles. The van der Waals surface area contributed by atoms with Crippen LogP contribution in [0.25, 0.3) is 0 Å². The van der Waals surface area contributed by atoms with Crippen LogP contribution in [0.15, 0.2) is 18.2 Å². The van der Waals surface area contributed by atoms with E-state index in [2.05, 4.69) is 24.8 Å². The molecule has 0 radical (unpaired) electrons. The number of benzene rings is 1. The van der Waals surface area contributed by atoms with Gasteiger partial charge in [-0.05, 0) is 49.8 Å². The summed E-state index contributed by atoms with van der Waals surface area (Å²) in [4.78, 5) is 0. The molecule has 0 N–H and O–H groups in total. The predicted molar refractivity (Wildman–Crippen MR) is 74.2 cm³/mol. The molecule has 1 aromatic rings.